The first-order valence-corrected chi connectivity index (χ1v) is 10.7. The van der Waals surface area contributed by atoms with Crippen molar-refractivity contribution < 1.29 is 9.59 Å². The second-order valence-corrected chi connectivity index (χ2v) is 7.46. The second kappa shape index (κ2) is 12.6. The van der Waals surface area contributed by atoms with Gasteiger partial charge in [0.1, 0.15) is 5.54 Å². The zero-order valence-electron chi connectivity index (χ0n) is 17.5. The van der Waals surface area contributed by atoms with Crippen LogP contribution in [-0.4, -0.2) is 48.0 Å². The van der Waals surface area contributed by atoms with Gasteiger partial charge in [-0.1, -0.05) is 52.9 Å². The van der Waals surface area contributed by atoms with Gasteiger partial charge in [-0.15, -0.1) is 0 Å². The first-order valence-electron chi connectivity index (χ1n) is 10.7. The summed E-state index contributed by atoms with van der Waals surface area (Å²) in [7, 11) is 0. The van der Waals surface area contributed by atoms with Gasteiger partial charge in [-0.2, -0.15) is 0 Å². The van der Waals surface area contributed by atoms with E-state index < -0.39 is 5.54 Å². The summed E-state index contributed by atoms with van der Waals surface area (Å²) in [6.07, 6.45) is 9.24. The van der Waals surface area contributed by atoms with Crippen LogP contribution in [0.25, 0.3) is 0 Å². The number of unbranched alkanes of at least 4 members (excludes halogenated alkanes) is 4. The minimum absolute atomic E-state index is 0.0552. The number of nitrogens with zero attached hydrogens (tertiary/aromatic N) is 1. The van der Waals surface area contributed by atoms with E-state index in [-0.39, 0.29) is 17.9 Å². The standard InChI is InChI=1S/C20H39N5O2/c1-4-7-12-20(13-8-5-2)17(26)25(18(21)24-20)16-11-10-15-23-19(27)22-14-9-6-3/h4-16H2,1-3H3,(H2,21,24)(H2,22,23,27). The van der Waals surface area contributed by atoms with Crippen LogP contribution in [0.15, 0.2) is 0 Å². The van der Waals surface area contributed by atoms with Crippen molar-refractivity contribution in [2.45, 2.75) is 90.5 Å². The number of nitrogens with one attached hydrogen (secondary N) is 4. The van der Waals surface area contributed by atoms with E-state index in [0.717, 1.165) is 64.2 Å². The molecule has 7 nitrogen and oxygen atoms in total. The van der Waals surface area contributed by atoms with Crippen LogP contribution < -0.4 is 16.0 Å². The molecule has 0 unspecified atom stereocenters. The highest BCUT2D eigenvalue weighted by Crippen LogP contribution is 2.29. The fourth-order valence-corrected chi connectivity index (χ4v) is 3.38. The van der Waals surface area contributed by atoms with Gasteiger partial charge in [0.05, 0.1) is 0 Å². The predicted molar refractivity (Wildman–Crippen MR) is 110 cm³/mol. The Hall–Kier alpha value is -1.79. The fourth-order valence-electron chi connectivity index (χ4n) is 3.38. The molecule has 0 aromatic rings. The molecule has 4 N–H and O–H groups in total. The summed E-state index contributed by atoms with van der Waals surface area (Å²) in [4.78, 5) is 26.2. The van der Waals surface area contributed by atoms with Crippen LogP contribution in [0.5, 0.6) is 0 Å². The summed E-state index contributed by atoms with van der Waals surface area (Å²) in [6.45, 7) is 8.15. The maximum Gasteiger partial charge on any atom is 0.314 e. The Kier molecular flexibility index (Phi) is 10.8. The molecule has 7 heteroatoms. The Morgan fingerprint density at radius 1 is 0.963 bits per heavy atom. The maximum absolute atomic E-state index is 13.0. The lowest BCUT2D eigenvalue weighted by Gasteiger charge is -2.27. The van der Waals surface area contributed by atoms with Gasteiger partial charge in [0.2, 0.25) is 0 Å². The largest absolute Gasteiger partial charge is 0.342 e. The minimum atomic E-state index is -0.583. The summed E-state index contributed by atoms with van der Waals surface area (Å²) in [5.41, 5.74) is -0.583. The van der Waals surface area contributed by atoms with Gasteiger partial charge in [-0.25, -0.2) is 4.79 Å². The number of hydrogen-bond donors (Lipinski definition) is 4. The number of hydrogen-bond acceptors (Lipinski definition) is 3. The van der Waals surface area contributed by atoms with Crippen LogP contribution in [0.4, 0.5) is 4.79 Å². The summed E-state index contributed by atoms with van der Waals surface area (Å²) in [5.74, 6) is 0.289. The Morgan fingerprint density at radius 2 is 1.52 bits per heavy atom. The fraction of sp³-hybridized carbons (Fsp3) is 0.850. The Bertz CT molecular complexity index is 473. The highest BCUT2D eigenvalue weighted by Gasteiger charge is 2.47. The molecule has 1 fully saturated rings. The molecule has 27 heavy (non-hydrogen) atoms. The summed E-state index contributed by atoms with van der Waals surface area (Å²) in [5, 5.41) is 17.1. The molecule has 0 atom stereocenters. The molecular formula is C20H39N5O2. The molecule has 0 spiro atoms. The molecule has 1 aliphatic heterocycles. The maximum atomic E-state index is 13.0. The van der Waals surface area contributed by atoms with Crippen molar-refractivity contribution in [2.24, 2.45) is 0 Å². The number of urea groups is 1. The molecule has 156 valence electrons. The van der Waals surface area contributed by atoms with Crippen LogP contribution in [-0.2, 0) is 4.79 Å². The molecule has 3 amide bonds. The number of amides is 3. The van der Waals surface area contributed by atoms with Crippen molar-refractivity contribution in [1.82, 2.24) is 20.9 Å². The van der Waals surface area contributed by atoms with E-state index in [9.17, 15) is 9.59 Å². The molecule has 1 aliphatic rings. The molecule has 0 bridgehead atoms. The van der Waals surface area contributed by atoms with E-state index in [1.807, 2.05) is 0 Å². The van der Waals surface area contributed by atoms with Gasteiger partial charge in [-0.3, -0.25) is 15.1 Å². The zero-order valence-corrected chi connectivity index (χ0v) is 17.5. The van der Waals surface area contributed by atoms with Crippen LogP contribution in [0.3, 0.4) is 0 Å². The lowest BCUT2D eigenvalue weighted by atomic mass is 9.87. The molecule has 1 heterocycles. The smallest absolute Gasteiger partial charge is 0.314 e. The van der Waals surface area contributed by atoms with Crippen LogP contribution >= 0.6 is 0 Å². The number of carbonyl (C=O) groups excluding carboxylic acids is 2. The topological polar surface area (TPSA) is 97.3 Å². The highest BCUT2D eigenvalue weighted by molar-refractivity contribution is 6.07. The third-order valence-corrected chi connectivity index (χ3v) is 5.11. The first kappa shape index (κ1) is 23.2. The minimum Gasteiger partial charge on any atom is -0.342 e. The monoisotopic (exact) mass is 381 g/mol. The van der Waals surface area contributed by atoms with Gasteiger partial charge in [0, 0.05) is 19.6 Å². The summed E-state index contributed by atoms with van der Waals surface area (Å²) >= 11 is 0. The zero-order chi connectivity index (χ0) is 20.1. The molecule has 0 saturated carbocycles. The normalized spacial score (nSPS) is 15.7. The Morgan fingerprint density at radius 3 is 2.07 bits per heavy atom. The SMILES string of the molecule is CCCCNC(=O)NCCCCN1C(=N)NC(CCCC)(CCCC)C1=O. The van der Waals surface area contributed by atoms with Gasteiger partial charge in [0.25, 0.3) is 5.91 Å². The van der Waals surface area contributed by atoms with Gasteiger partial charge in [-0.05, 0) is 32.1 Å². The van der Waals surface area contributed by atoms with Crippen LogP contribution in [0.2, 0.25) is 0 Å². The van der Waals surface area contributed by atoms with Gasteiger partial charge >= 0.3 is 6.03 Å². The third kappa shape index (κ3) is 7.39. The Balaban J connectivity index is 2.40. The van der Waals surface area contributed by atoms with E-state index in [1.165, 1.54) is 0 Å². The second-order valence-electron chi connectivity index (χ2n) is 7.46. The highest BCUT2D eigenvalue weighted by atomic mass is 16.2. The summed E-state index contributed by atoms with van der Waals surface area (Å²) < 4.78 is 0. The average molecular weight is 382 g/mol. The predicted octanol–water partition coefficient (Wildman–Crippen LogP) is 3.35. The van der Waals surface area contributed by atoms with E-state index in [4.69, 9.17) is 5.41 Å². The average Bonchev–Trinajstić information content (AvgIpc) is 2.89. The number of carbonyl (C=O) groups is 2. The van der Waals surface area contributed by atoms with Crippen LogP contribution in [0, 0.1) is 5.41 Å². The van der Waals surface area contributed by atoms with Gasteiger partial charge in [0.15, 0.2) is 5.96 Å². The van der Waals surface area contributed by atoms with E-state index in [1.54, 1.807) is 4.90 Å². The van der Waals surface area contributed by atoms with E-state index >= 15 is 0 Å². The Labute approximate surface area is 164 Å². The molecule has 0 aromatic carbocycles. The summed E-state index contributed by atoms with van der Waals surface area (Å²) in [6, 6.07) is -0.131. The third-order valence-electron chi connectivity index (χ3n) is 5.11. The molecule has 1 saturated heterocycles. The lowest BCUT2D eigenvalue weighted by molar-refractivity contribution is -0.131. The van der Waals surface area contributed by atoms with Crippen molar-refractivity contribution >= 4 is 17.9 Å². The van der Waals surface area contributed by atoms with Crippen molar-refractivity contribution in [3.63, 3.8) is 0 Å². The van der Waals surface area contributed by atoms with Gasteiger partial charge < -0.3 is 16.0 Å². The molecule has 1 rings (SSSR count). The first-order chi connectivity index (χ1) is 13.0. The quantitative estimate of drug-likeness (QED) is 0.347. The lowest BCUT2D eigenvalue weighted by Crippen LogP contribution is -2.47. The van der Waals surface area contributed by atoms with Crippen molar-refractivity contribution in [1.29, 1.82) is 5.41 Å². The van der Waals surface area contributed by atoms with Crippen molar-refractivity contribution in [3.05, 3.63) is 0 Å². The number of guanidine groups is 1. The number of rotatable bonds is 14. The molecule has 0 aliphatic carbocycles. The molecule has 0 radical (unpaired) electrons. The van der Waals surface area contributed by atoms with Crippen molar-refractivity contribution in [2.75, 3.05) is 19.6 Å². The van der Waals surface area contributed by atoms with E-state index in [2.05, 4.69) is 36.7 Å². The molecular weight excluding hydrogens is 342 g/mol. The van der Waals surface area contributed by atoms with Crippen LogP contribution in [0.1, 0.15) is 85.0 Å². The molecule has 0 aromatic heterocycles. The van der Waals surface area contributed by atoms with E-state index in [0.29, 0.717) is 19.6 Å². The van der Waals surface area contributed by atoms with Crippen molar-refractivity contribution in [3.8, 4) is 0 Å².